The van der Waals surface area contributed by atoms with Gasteiger partial charge in [0.05, 0.1) is 17.8 Å². The molecule has 1 N–H and O–H groups in total. The van der Waals surface area contributed by atoms with Crippen LogP contribution in [0, 0.1) is 0 Å². The average molecular weight is 275 g/mol. The van der Waals surface area contributed by atoms with Gasteiger partial charge in [-0.3, -0.25) is 4.68 Å². The van der Waals surface area contributed by atoms with E-state index >= 15 is 0 Å². The number of phenolic OH excluding ortho intramolecular Hbond substituents is 1. The molecule has 4 heteroatoms. The molecule has 0 spiro atoms. The Bertz CT molecular complexity index is 676. The lowest BCUT2D eigenvalue weighted by molar-refractivity contribution is 0.474. The largest absolute Gasteiger partial charge is 0.508 e. The van der Waals surface area contributed by atoms with E-state index < -0.39 is 0 Å². The summed E-state index contributed by atoms with van der Waals surface area (Å²) in [7, 11) is 0. The maximum absolute atomic E-state index is 9.32. The van der Waals surface area contributed by atoms with E-state index in [1.807, 2.05) is 35.1 Å². The van der Waals surface area contributed by atoms with Crippen LogP contribution in [0.25, 0.3) is 10.9 Å². The number of phenols is 1. The van der Waals surface area contributed by atoms with Crippen LogP contribution in [0.2, 0.25) is 0 Å². The van der Waals surface area contributed by atoms with Crippen molar-refractivity contribution in [1.29, 1.82) is 0 Å². The molecule has 0 aliphatic rings. The van der Waals surface area contributed by atoms with Crippen molar-refractivity contribution < 1.29 is 5.11 Å². The molecule has 0 amide bonds. The number of aromatic hydroxyl groups is 1. The first-order valence-electron chi connectivity index (χ1n) is 5.97. The molecule has 0 aliphatic heterocycles. The normalized spacial score (nSPS) is 12.1. The number of halogens is 1. The fourth-order valence-electron chi connectivity index (χ4n) is 2.19. The molecule has 0 radical (unpaired) electrons. The van der Waals surface area contributed by atoms with Crippen LogP contribution >= 0.6 is 12.4 Å². The first-order valence-corrected chi connectivity index (χ1v) is 5.97. The van der Waals surface area contributed by atoms with Crippen LogP contribution in [0.15, 0.2) is 54.7 Å². The van der Waals surface area contributed by atoms with E-state index in [4.69, 9.17) is 0 Å². The summed E-state index contributed by atoms with van der Waals surface area (Å²) in [4.78, 5) is 0. The molecule has 98 valence electrons. The summed E-state index contributed by atoms with van der Waals surface area (Å²) in [6.45, 7) is 2.10. The lowest BCUT2D eigenvalue weighted by atomic mass is 10.1. The first-order chi connectivity index (χ1) is 8.75. The van der Waals surface area contributed by atoms with E-state index in [1.54, 1.807) is 12.1 Å². The number of hydrogen-bond donors (Lipinski definition) is 1. The van der Waals surface area contributed by atoms with Crippen molar-refractivity contribution in [3.8, 4) is 5.75 Å². The zero-order valence-electron chi connectivity index (χ0n) is 10.5. The number of para-hydroxylation sites is 1. The Morgan fingerprint density at radius 1 is 1.05 bits per heavy atom. The van der Waals surface area contributed by atoms with Crippen molar-refractivity contribution in [2.45, 2.75) is 13.0 Å². The number of benzene rings is 2. The number of rotatable bonds is 2. The van der Waals surface area contributed by atoms with Gasteiger partial charge >= 0.3 is 0 Å². The Labute approximate surface area is 117 Å². The van der Waals surface area contributed by atoms with Crippen molar-refractivity contribution in [2.75, 3.05) is 0 Å². The Morgan fingerprint density at radius 2 is 1.74 bits per heavy atom. The molecule has 0 fully saturated rings. The van der Waals surface area contributed by atoms with Crippen molar-refractivity contribution in [3.63, 3.8) is 0 Å². The van der Waals surface area contributed by atoms with E-state index in [0.717, 1.165) is 16.5 Å². The smallest absolute Gasteiger partial charge is 0.115 e. The van der Waals surface area contributed by atoms with E-state index in [0.29, 0.717) is 0 Å². The molecule has 1 heterocycles. The van der Waals surface area contributed by atoms with E-state index in [-0.39, 0.29) is 24.2 Å². The molecule has 3 nitrogen and oxygen atoms in total. The van der Waals surface area contributed by atoms with Gasteiger partial charge in [-0.25, -0.2) is 0 Å². The van der Waals surface area contributed by atoms with Crippen molar-refractivity contribution in [1.82, 2.24) is 9.78 Å². The molecule has 1 aromatic heterocycles. The van der Waals surface area contributed by atoms with Gasteiger partial charge in [0.15, 0.2) is 0 Å². The molecule has 3 aromatic rings. The highest BCUT2D eigenvalue weighted by Crippen LogP contribution is 2.24. The highest BCUT2D eigenvalue weighted by atomic mass is 35.5. The maximum Gasteiger partial charge on any atom is 0.115 e. The third-order valence-corrected chi connectivity index (χ3v) is 3.25. The van der Waals surface area contributed by atoms with Crippen molar-refractivity contribution >= 4 is 23.3 Å². The molecule has 1 unspecified atom stereocenters. The van der Waals surface area contributed by atoms with E-state index in [9.17, 15) is 5.11 Å². The summed E-state index contributed by atoms with van der Waals surface area (Å²) < 4.78 is 2.00. The summed E-state index contributed by atoms with van der Waals surface area (Å²) in [6.07, 6.45) is 1.88. The highest BCUT2D eigenvalue weighted by Gasteiger charge is 2.11. The summed E-state index contributed by atoms with van der Waals surface area (Å²) in [5.74, 6) is 0.288. The molecule has 0 saturated carbocycles. The van der Waals surface area contributed by atoms with Crippen molar-refractivity contribution in [3.05, 3.63) is 60.3 Å². The molecule has 19 heavy (non-hydrogen) atoms. The Kier molecular flexibility index (Phi) is 3.76. The van der Waals surface area contributed by atoms with Crippen LogP contribution in [-0.2, 0) is 0 Å². The van der Waals surface area contributed by atoms with Gasteiger partial charge in [0.25, 0.3) is 0 Å². The van der Waals surface area contributed by atoms with Gasteiger partial charge in [-0.15, -0.1) is 12.4 Å². The lowest BCUT2D eigenvalue weighted by Crippen LogP contribution is -2.07. The third kappa shape index (κ3) is 2.42. The number of nitrogens with zero attached hydrogens (tertiary/aromatic N) is 2. The molecular weight excluding hydrogens is 260 g/mol. The minimum Gasteiger partial charge on any atom is -0.508 e. The minimum atomic E-state index is 0. The van der Waals surface area contributed by atoms with Gasteiger partial charge in [-0.1, -0.05) is 30.3 Å². The Balaban J connectivity index is 0.00000133. The van der Waals surface area contributed by atoms with Crippen LogP contribution in [0.4, 0.5) is 0 Å². The van der Waals surface area contributed by atoms with Gasteiger partial charge in [0.2, 0.25) is 0 Å². The average Bonchev–Trinajstić information content (AvgIpc) is 2.82. The fourth-order valence-corrected chi connectivity index (χ4v) is 2.19. The zero-order chi connectivity index (χ0) is 12.5. The van der Waals surface area contributed by atoms with Crippen LogP contribution in [0.5, 0.6) is 5.75 Å². The molecule has 0 saturated heterocycles. The number of aromatic nitrogens is 2. The van der Waals surface area contributed by atoms with E-state index in [2.05, 4.69) is 24.2 Å². The fraction of sp³-hybridized carbons (Fsp3) is 0.133. The molecule has 1 atom stereocenters. The first kappa shape index (κ1) is 13.4. The summed E-state index contributed by atoms with van der Waals surface area (Å²) >= 11 is 0. The SMILES string of the molecule is CC(c1ccc(O)cc1)n1ncc2ccccc21.Cl. The van der Waals surface area contributed by atoms with E-state index in [1.165, 1.54) is 0 Å². The van der Waals surface area contributed by atoms with Crippen LogP contribution < -0.4 is 0 Å². The van der Waals surface area contributed by atoms with Gasteiger partial charge in [0, 0.05) is 5.39 Å². The van der Waals surface area contributed by atoms with Gasteiger partial charge in [-0.2, -0.15) is 5.10 Å². The summed E-state index contributed by atoms with van der Waals surface area (Å²) in [5, 5.41) is 14.9. The second-order valence-electron chi connectivity index (χ2n) is 4.42. The molecular formula is C15H15ClN2O. The van der Waals surface area contributed by atoms with Gasteiger partial charge in [0.1, 0.15) is 5.75 Å². The van der Waals surface area contributed by atoms with Crippen molar-refractivity contribution in [2.24, 2.45) is 0 Å². The monoisotopic (exact) mass is 274 g/mol. The standard InChI is InChI=1S/C15H14N2O.ClH/c1-11(12-6-8-14(18)9-7-12)17-15-5-3-2-4-13(15)10-16-17;/h2-11,18H,1H3;1H. The molecule has 0 aliphatic carbocycles. The highest BCUT2D eigenvalue weighted by molar-refractivity contribution is 5.85. The topological polar surface area (TPSA) is 38.0 Å². The minimum absolute atomic E-state index is 0. The second-order valence-corrected chi connectivity index (χ2v) is 4.42. The lowest BCUT2D eigenvalue weighted by Gasteiger charge is -2.14. The molecule has 0 bridgehead atoms. The number of hydrogen-bond acceptors (Lipinski definition) is 2. The number of fused-ring (bicyclic) bond motifs is 1. The molecule has 3 rings (SSSR count). The Hall–Kier alpha value is -2.00. The van der Waals surface area contributed by atoms with Crippen LogP contribution in [-0.4, -0.2) is 14.9 Å². The maximum atomic E-state index is 9.32. The van der Waals surface area contributed by atoms with Crippen LogP contribution in [0.1, 0.15) is 18.5 Å². The van der Waals surface area contributed by atoms with Gasteiger partial charge < -0.3 is 5.11 Å². The Morgan fingerprint density at radius 3 is 2.47 bits per heavy atom. The quantitative estimate of drug-likeness (QED) is 0.772. The predicted molar refractivity (Wildman–Crippen MR) is 78.9 cm³/mol. The third-order valence-electron chi connectivity index (χ3n) is 3.25. The summed E-state index contributed by atoms with van der Waals surface area (Å²) in [6, 6.07) is 15.6. The van der Waals surface area contributed by atoms with Gasteiger partial charge in [-0.05, 0) is 30.7 Å². The zero-order valence-corrected chi connectivity index (χ0v) is 11.3. The second kappa shape index (κ2) is 5.33. The summed E-state index contributed by atoms with van der Waals surface area (Å²) in [5.41, 5.74) is 2.25. The predicted octanol–water partition coefficient (Wildman–Crippen LogP) is 3.77. The van der Waals surface area contributed by atoms with Crippen LogP contribution in [0.3, 0.4) is 0 Å². The molecule has 2 aromatic carbocycles.